The van der Waals surface area contributed by atoms with E-state index in [0.29, 0.717) is 30.6 Å². The molecule has 1 heterocycles. The van der Waals surface area contributed by atoms with Crippen LogP contribution in [0.2, 0.25) is 0 Å². The Balaban J connectivity index is 1.46. The van der Waals surface area contributed by atoms with Crippen molar-refractivity contribution in [3.8, 4) is 0 Å². The van der Waals surface area contributed by atoms with E-state index in [2.05, 4.69) is 4.72 Å². The lowest BCUT2D eigenvalue weighted by Gasteiger charge is -2.30. The lowest BCUT2D eigenvalue weighted by molar-refractivity contribution is -0.118. The maximum absolute atomic E-state index is 13.1. The molecule has 3 aromatic rings. The predicted octanol–water partition coefficient (Wildman–Crippen LogP) is 3.99. The second-order valence-electron chi connectivity index (χ2n) is 8.47. The summed E-state index contributed by atoms with van der Waals surface area (Å²) in [5.41, 5.74) is 10.5. The monoisotopic (exact) mass is 476 g/mol. The second-order valence-corrected chi connectivity index (χ2v) is 10.2. The third-order valence-corrected chi connectivity index (χ3v) is 7.41. The van der Waals surface area contributed by atoms with Gasteiger partial charge in [0.1, 0.15) is 5.84 Å². The van der Waals surface area contributed by atoms with Gasteiger partial charge in [-0.3, -0.25) is 14.9 Å². The number of carbonyl (C=O) groups is 1. The molecule has 0 saturated heterocycles. The fraction of sp³-hybridized carbons (Fsp3) is 0.231. The molecule has 7 nitrogen and oxygen atoms in total. The molecule has 8 heteroatoms. The van der Waals surface area contributed by atoms with Gasteiger partial charge in [0.05, 0.1) is 4.90 Å². The molecule has 1 aliphatic heterocycles. The minimum atomic E-state index is -3.67. The average molecular weight is 477 g/mol. The van der Waals surface area contributed by atoms with E-state index in [1.54, 1.807) is 41.3 Å². The molecule has 4 rings (SSSR count). The van der Waals surface area contributed by atoms with Crippen LogP contribution in [0.15, 0.2) is 71.6 Å². The molecule has 0 aromatic heterocycles. The quantitative estimate of drug-likeness (QED) is 0.353. The zero-order valence-corrected chi connectivity index (χ0v) is 19.9. The molecule has 0 atom stereocenters. The summed E-state index contributed by atoms with van der Waals surface area (Å²) in [7, 11) is -3.67. The number of fused-ring (bicyclic) bond motifs is 1. The molecule has 1 aliphatic rings. The summed E-state index contributed by atoms with van der Waals surface area (Å²) in [5.74, 6) is 0.0716. The van der Waals surface area contributed by atoms with Gasteiger partial charge in [0.15, 0.2) is 0 Å². The van der Waals surface area contributed by atoms with Gasteiger partial charge in [0, 0.05) is 29.9 Å². The molecule has 4 N–H and O–H groups in total. The second kappa shape index (κ2) is 9.69. The summed E-state index contributed by atoms with van der Waals surface area (Å²) in [5, 5.41) is 7.61. The van der Waals surface area contributed by atoms with Crippen LogP contribution in [0, 0.1) is 12.3 Å². The number of hydrogen-bond donors (Lipinski definition) is 3. The predicted molar refractivity (Wildman–Crippen MR) is 135 cm³/mol. The van der Waals surface area contributed by atoms with Crippen molar-refractivity contribution in [3.05, 3.63) is 89.0 Å². The van der Waals surface area contributed by atoms with Crippen LogP contribution in [0.5, 0.6) is 0 Å². The Labute approximate surface area is 200 Å². The van der Waals surface area contributed by atoms with E-state index < -0.39 is 10.0 Å². The van der Waals surface area contributed by atoms with E-state index in [-0.39, 0.29) is 16.6 Å². The van der Waals surface area contributed by atoms with Crippen LogP contribution < -0.4 is 15.4 Å². The highest BCUT2D eigenvalue weighted by Crippen LogP contribution is 2.31. The smallest absolute Gasteiger partial charge is 0.261 e. The zero-order chi connectivity index (χ0) is 24.3. The van der Waals surface area contributed by atoms with Gasteiger partial charge in [-0.1, -0.05) is 36.4 Å². The Morgan fingerprint density at radius 1 is 1.09 bits per heavy atom. The van der Waals surface area contributed by atoms with Crippen molar-refractivity contribution in [1.82, 2.24) is 0 Å². The normalized spacial score (nSPS) is 13.3. The van der Waals surface area contributed by atoms with Gasteiger partial charge in [-0.2, -0.15) is 0 Å². The van der Waals surface area contributed by atoms with E-state index in [4.69, 9.17) is 11.1 Å². The van der Waals surface area contributed by atoms with Crippen molar-refractivity contribution in [2.45, 2.75) is 37.5 Å². The highest BCUT2D eigenvalue weighted by molar-refractivity contribution is 7.92. The van der Waals surface area contributed by atoms with Crippen LogP contribution in [-0.2, 0) is 27.7 Å². The lowest BCUT2D eigenvalue weighted by atomic mass is 9.99. The van der Waals surface area contributed by atoms with E-state index >= 15 is 0 Å². The maximum atomic E-state index is 13.1. The summed E-state index contributed by atoms with van der Waals surface area (Å²) in [6.07, 6.45) is 2.56. The first-order valence-electron chi connectivity index (χ1n) is 11.2. The van der Waals surface area contributed by atoms with Crippen molar-refractivity contribution >= 4 is 33.1 Å². The number of benzene rings is 3. The van der Waals surface area contributed by atoms with E-state index in [1.165, 1.54) is 0 Å². The molecule has 0 unspecified atom stereocenters. The van der Waals surface area contributed by atoms with E-state index in [0.717, 1.165) is 35.2 Å². The summed E-state index contributed by atoms with van der Waals surface area (Å²) < 4.78 is 27.9. The first-order valence-corrected chi connectivity index (χ1v) is 12.7. The van der Waals surface area contributed by atoms with Gasteiger partial charge < -0.3 is 10.6 Å². The molecule has 0 bridgehead atoms. The van der Waals surface area contributed by atoms with Gasteiger partial charge in [-0.25, -0.2) is 8.42 Å². The summed E-state index contributed by atoms with van der Waals surface area (Å²) in [6.45, 7) is 2.55. The van der Waals surface area contributed by atoms with Crippen LogP contribution in [0.25, 0.3) is 0 Å². The van der Waals surface area contributed by atoms with E-state index in [9.17, 15) is 13.2 Å². The maximum Gasteiger partial charge on any atom is 0.261 e. The Morgan fingerprint density at radius 3 is 2.56 bits per heavy atom. The molecule has 0 fully saturated rings. The number of nitrogen functional groups attached to an aromatic ring is 1. The molecule has 176 valence electrons. The van der Waals surface area contributed by atoms with Gasteiger partial charge >= 0.3 is 0 Å². The fourth-order valence-corrected chi connectivity index (χ4v) is 5.37. The largest absolute Gasteiger partial charge is 0.384 e. The number of hydrogen-bond acceptors (Lipinski definition) is 4. The molecule has 0 aliphatic carbocycles. The number of rotatable bonds is 7. The number of nitrogens with one attached hydrogen (secondary N) is 2. The molecule has 34 heavy (non-hydrogen) atoms. The summed E-state index contributed by atoms with van der Waals surface area (Å²) >= 11 is 0. The SMILES string of the molecule is Cc1cc(CCC(=O)N2CCCc3cc(NS(=O)(=O)c4ccccc4)ccc32)ccc1C(=N)N. The summed E-state index contributed by atoms with van der Waals surface area (Å²) in [4.78, 5) is 15.1. The fourth-order valence-electron chi connectivity index (χ4n) is 4.30. The number of anilines is 2. The van der Waals surface area contributed by atoms with Crippen molar-refractivity contribution in [3.63, 3.8) is 0 Å². The zero-order valence-electron chi connectivity index (χ0n) is 19.0. The van der Waals surface area contributed by atoms with Crippen molar-refractivity contribution in [2.24, 2.45) is 5.73 Å². The lowest BCUT2D eigenvalue weighted by Crippen LogP contribution is -2.35. The number of nitrogens with zero attached hydrogens (tertiary/aromatic N) is 1. The topological polar surface area (TPSA) is 116 Å². The average Bonchev–Trinajstić information content (AvgIpc) is 2.82. The van der Waals surface area contributed by atoms with Crippen LogP contribution in [-0.4, -0.2) is 26.7 Å². The Hall–Kier alpha value is -3.65. The van der Waals surface area contributed by atoms with Crippen LogP contribution >= 0.6 is 0 Å². The van der Waals surface area contributed by atoms with Crippen molar-refractivity contribution in [2.75, 3.05) is 16.2 Å². The number of aryl methyl sites for hydroxylation is 3. The highest BCUT2D eigenvalue weighted by Gasteiger charge is 2.23. The van der Waals surface area contributed by atoms with E-state index in [1.807, 2.05) is 37.3 Å². The first-order chi connectivity index (χ1) is 16.2. The number of amidine groups is 1. The number of nitrogens with two attached hydrogens (primary N) is 1. The molecular weight excluding hydrogens is 448 g/mol. The van der Waals surface area contributed by atoms with Gasteiger partial charge in [0.2, 0.25) is 5.91 Å². The van der Waals surface area contributed by atoms with Crippen molar-refractivity contribution < 1.29 is 13.2 Å². The molecule has 0 radical (unpaired) electrons. The number of amides is 1. The van der Waals surface area contributed by atoms with Gasteiger partial charge in [-0.05, 0) is 73.2 Å². The molecule has 0 saturated carbocycles. The third-order valence-electron chi connectivity index (χ3n) is 6.01. The molecular formula is C26H28N4O3S. The Morgan fingerprint density at radius 2 is 1.85 bits per heavy atom. The molecule has 1 amide bonds. The van der Waals surface area contributed by atoms with Crippen LogP contribution in [0.4, 0.5) is 11.4 Å². The highest BCUT2D eigenvalue weighted by atomic mass is 32.2. The molecule has 3 aromatic carbocycles. The van der Waals surface area contributed by atoms with Crippen molar-refractivity contribution in [1.29, 1.82) is 5.41 Å². The minimum Gasteiger partial charge on any atom is -0.384 e. The Kier molecular flexibility index (Phi) is 6.70. The van der Waals surface area contributed by atoms with Crippen LogP contribution in [0.3, 0.4) is 0 Å². The third kappa shape index (κ3) is 5.12. The van der Waals surface area contributed by atoms with Crippen LogP contribution in [0.1, 0.15) is 35.1 Å². The number of sulfonamides is 1. The van der Waals surface area contributed by atoms with Gasteiger partial charge in [0.25, 0.3) is 10.0 Å². The minimum absolute atomic E-state index is 0.0341. The standard InChI is InChI=1S/C26H28N4O3S/c1-18-16-19(9-12-23(18)26(27)28)10-14-25(31)30-15-5-6-20-17-21(11-13-24(20)30)29-34(32,33)22-7-3-2-4-8-22/h2-4,7-9,11-13,16-17,29H,5-6,10,14-15H2,1H3,(H3,27,28). The summed E-state index contributed by atoms with van der Waals surface area (Å²) in [6, 6.07) is 19.3. The van der Waals surface area contributed by atoms with Gasteiger partial charge in [-0.15, -0.1) is 0 Å². The molecule has 0 spiro atoms. The Bertz CT molecular complexity index is 1340. The number of carbonyl (C=O) groups excluding carboxylic acids is 1. The first kappa shape index (κ1) is 23.5.